The van der Waals surface area contributed by atoms with Crippen molar-refractivity contribution in [2.75, 3.05) is 16.4 Å². The molecule has 2 aromatic carbocycles. The average molecular weight is 307 g/mol. The van der Waals surface area contributed by atoms with Gasteiger partial charge in [-0.3, -0.25) is 0 Å². The van der Waals surface area contributed by atoms with Gasteiger partial charge in [-0.25, -0.2) is 0 Å². The van der Waals surface area contributed by atoms with E-state index in [0.29, 0.717) is 6.04 Å². The van der Waals surface area contributed by atoms with Crippen molar-refractivity contribution in [1.29, 1.82) is 0 Å². The highest BCUT2D eigenvalue weighted by molar-refractivity contribution is 7.99. The number of thioether (sulfide) groups is 1. The summed E-state index contributed by atoms with van der Waals surface area (Å²) in [6.07, 6.45) is 0. The van der Waals surface area contributed by atoms with Crippen LogP contribution < -0.4 is 10.6 Å². The van der Waals surface area contributed by atoms with Gasteiger partial charge in [0.25, 0.3) is 0 Å². The number of para-hydroxylation sites is 1. The molecule has 0 saturated carbocycles. The van der Waals surface area contributed by atoms with Gasteiger partial charge in [0.15, 0.2) is 0 Å². The molecule has 20 heavy (non-hydrogen) atoms. The molecule has 3 rings (SSSR count). The molecule has 1 aliphatic heterocycles. The van der Waals surface area contributed by atoms with Gasteiger partial charge in [-0.1, -0.05) is 24.3 Å². The van der Waals surface area contributed by atoms with E-state index >= 15 is 0 Å². The van der Waals surface area contributed by atoms with Crippen LogP contribution in [-0.4, -0.2) is 11.8 Å². The van der Waals surface area contributed by atoms with E-state index in [-0.39, 0.29) is 12.4 Å². The van der Waals surface area contributed by atoms with E-state index in [2.05, 4.69) is 48.2 Å². The fourth-order valence-electron chi connectivity index (χ4n) is 2.48. The van der Waals surface area contributed by atoms with Gasteiger partial charge in [-0.15, -0.1) is 24.2 Å². The first-order valence-corrected chi connectivity index (χ1v) is 7.55. The number of anilines is 2. The van der Waals surface area contributed by atoms with Crippen LogP contribution in [0.15, 0.2) is 53.4 Å². The molecule has 2 nitrogen and oxygen atoms in total. The summed E-state index contributed by atoms with van der Waals surface area (Å²) in [5.41, 5.74) is 9.32. The molecule has 1 unspecified atom stereocenters. The Labute approximate surface area is 130 Å². The molecule has 0 aliphatic carbocycles. The summed E-state index contributed by atoms with van der Waals surface area (Å²) in [5.74, 6) is 1.14. The van der Waals surface area contributed by atoms with Gasteiger partial charge in [0.2, 0.25) is 0 Å². The van der Waals surface area contributed by atoms with E-state index < -0.39 is 0 Å². The van der Waals surface area contributed by atoms with Gasteiger partial charge in [0, 0.05) is 28.9 Å². The second-order valence-electron chi connectivity index (χ2n) is 5.00. The normalized spacial score (nSPS) is 17.2. The van der Waals surface area contributed by atoms with Crippen molar-refractivity contribution in [3.63, 3.8) is 0 Å². The van der Waals surface area contributed by atoms with Crippen LogP contribution in [-0.2, 0) is 6.54 Å². The van der Waals surface area contributed by atoms with E-state index in [9.17, 15) is 0 Å². The third-order valence-electron chi connectivity index (χ3n) is 3.49. The molecule has 4 heteroatoms. The molecule has 106 valence electrons. The number of nitrogen functional groups attached to an aromatic ring is 1. The number of halogens is 1. The molecule has 0 fully saturated rings. The smallest absolute Gasteiger partial charge is 0.0510 e. The van der Waals surface area contributed by atoms with Crippen LogP contribution in [0.2, 0.25) is 0 Å². The highest BCUT2D eigenvalue weighted by atomic mass is 35.5. The Morgan fingerprint density at radius 1 is 1.20 bits per heavy atom. The maximum atomic E-state index is 5.87. The monoisotopic (exact) mass is 306 g/mol. The minimum absolute atomic E-state index is 0. The number of nitrogens with zero attached hydrogens (tertiary/aromatic N) is 1. The summed E-state index contributed by atoms with van der Waals surface area (Å²) >= 11 is 1.95. The quantitative estimate of drug-likeness (QED) is 0.844. The van der Waals surface area contributed by atoms with Crippen molar-refractivity contribution in [2.24, 2.45) is 0 Å². The predicted octanol–water partition coefficient (Wildman–Crippen LogP) is 4.19. The fourth-order valence-corrected chi connectivity index (χ4v) is 3.59. The molecule has 1 atom stereocenters. The summed E-state index contributed by atoms with van der Waals surface area (Å²) in [7, 11) is 0. The van der Waals surface area contributed by atoms with Crippen LogP contribution in [0.25, 0.3) is 0 Å². The minimum Gasteiger partial charge on any atom is -0.399 e. The number of benzene rings is 2. The van der Waals surface area contributed by atoms with Gasteiger partial charge < -0.3 is 10.6 Å². The topological polar surface area (TPSA) is 29.3 Å². The molecule has 0 radical (unpaired) electrons. The Morgan fingerprint density at radius 3 is 2.80 bits per heavy atom. The minimum atomic E-state index is 0. The summed E-state index contributed by atoms with van der Waals surface area (Å²) < 4.78 is 0. The second kappa shape index (κ2) is 6.42. The van der Waals surface area contributed by atoms with Crippen molar-refractivity contribution >= 4 is 35.5 Å². The highest BCUT2D eigenvalue weighted by Crippen LogP contribution is 2.37. The molecule has 0 saturated heterocycles. The first-order chi connectivity index (χ1) is 9.24. The molecular formula is C16H19ClN2S. The number of rotatable bonds is 2. The second-order valence-corrected chi connectivity index (χ2v) is 6.06. The van der Waals surface area contributed by atoms with E-state index in [0.717, 1.165) is 18.0 Å². The van der Waals surface area contributed by atoms with Gasteiger partial charge in [-0.05, 0) is 36.8 Å². The lowest BCUT2D eigenvalue weighted by Gasteiger charge is -2.36. The first kappa shape index (κ1) is 15.1. The predicted molar refractivity (Wildman–Crippen MR) is 90.9 cm³/mol. The van der Waals surface area contributed by atoms with Gasteiger partial charge in [-0.2, -0.15) is 0 Å². The molecule has 1 heterocycles. The Kier molecular flexibility index (Phi) is 4.84. The molecule has 2 aromatic rings. The number of hydrogen-bond acceptors (Lipinski definition) is 3. The van der Waals surface area contributed by atoms with E-state index in [1.165, 1.54) is 16.1 Å². The molecular weight excluding hydrogens is 288 g/mol. The van der Waals surface area contributed by atoms with Gasteiger partial charge >= 0.3 is 0 Å². The third kappa shape index (κ3) is 3.05. The molecule has 0 spiro atoms. The Morgan fingerprint density at radius 2 is 2.00 bits per heavy atom. The van der Waals surface area contributed by atoms with Crippen LogP contribution in [0.3, 0.4) is 0 Å². The van der Waals surface area contributed by atoms with Crippen LogP contribution in [0, 0.1) is 0 Å². The summed E-state index contributed by atoms with van der Waals surface area (Å²) in [6, 6.07) is 17.4. The number of hydrogen-bond donors (Lipinski definition) is 1. The Balaban J connectivity index is 0.00000147. The van der Waals surface area contributed by atoms with Crippen LogP contribution >= 0.6 is 24.2 Å². The zero-order chi connectivity index (χ0) is 13.2. The van der Waals surface area contributed by atoms with Crippen molar-refractivity contribution in [3.8, 4) is 0 Å². The highest BCUT2D eigenvalue weighted by Gasteiger charge is 2.23. The van der Waals surface area contributed by atoms with E-state index in [1.54, 1.807) is 0 Å². The third-order valence-corrected chi connectivity index (χ3v) is 4.80. The lowest BCUT2D eigenvalue weighted by molar-refractivity contribution is 0.676. The Bertz CT molecular complexity index is 588. The maximum absolute atomic E-state index is 5.87. The number of nitrogens with two attached hydrogens (primary N) is 1. The molecule has 1 aliphatic rings. The maximum Gasteiger partial charge on any atom is 0.0510 e. The zero-order valence-corrected chi connectivity index (χ0v) is 13.1. The standard InChI is InChI=1S/C16H18N2S.ClH/c1-12-11-19-16-8-3-2-7-15(16)18(12)10-13-5-4-6-14(17)9-13;/h2-9,12H,10-11,17H2,1H3;1H. The fraction of sp³-hybridized carbons (Fsp3) is 0.250. The van der Waals surface area contributed by atoms with Crippen molar-refractivity contribution in [1.82, 2.24) is 0 Å². The lowest BCUT2D eigenvalue weighted by atomic mass is 10.1. The SMILES string of the molecule is CC1CSc2ccccc2N1Cc1cccc(N)c1.Cl. The summed E-state index contributed by atoms with van der Waals surface area (Å²) in [4.78, 5) is 3.85. The first-order valence-electron chi connectivity index (χ1n) is 6.57. The Hall–Kier alpha value is -1.32. The zero-order valence-electron chi connectivity index (χ0n) is 11.5. The van der Waals surface area contributed by atoms with Crippen LogP contribution in [0.4, 0.5) is 11.4 Å². The summed E-state index contributed by atoms with van der Waals surface area (Å²) in [5, 5.41) is 0. The summed E-state index contributed by atoms with van der Waals surface area (Å²) in [6.45, 7) is 3.21. The van der Waals surface area contributed by atoms with Crippen LogP contribution in [0.1, 0.15) is 12.5 Å². The van der Waals surface area contributed by atoms with Gasteiger partial charge in [0.05, 0.1) is 5.69 Å². The molecule has 0 bridgehead atoms. The molecule has 0 amide bonds. The van der Waals surface area contributed by atoms with Crippen molar-refractivity contribution < 1.29 is 0 Å². The lowest BCUT2D eigenvalue weighted by Crippen LogP contribution is -2.37. The largest absolute Gasteiger partial charge is 0.399 e. The van der Waals surface area contributed by atoms with Crippen LogP contribution in [0.5, 0.6) is 0 Å². The number of fused-ring (bicyclic) bond motifs is 1. The van der Waals surface area contributed by atoms with Crippen molar-refractivity contribution in [2.45, 2.75) is 24.4 Å². The van der Waals surface area contributed by atoms with E-state index in [1.807, 2.05) is 23.9 Å². The van der Waals surface area contributed by atoms with Gasteiger partial charge in [0.1, 0.15) is 0 Å². The molecule has 2 N–H and O–H groups in total. The van der Waals surface area contributed by atoms with Crippen molar-refractivity contribution in [3.05, 3.63) is 54.1 Å². The van der Waals surface area contributed by atoms with E-state index in [4.69, 9.17) is 5.73 Å². The average Bonchev–Trinajstić information content (AvgIpc) is 2.42. The molecule has 0 aromatic heterocycles.